The minimum absolute atomic E-state index is 0.121. The van der Waals surface area contributed by atoms with Crippen molar-refractivity contribution in [2.24, 2.45) is 5.41 Å². The molecule has 1 heterocycles. The number of fused-ring (bicyclic) bond motifs is 2. The predicted molar refractivity (Wildman–Crippen MR) is 81.5 cm³/mol. The highest BCUT2D eigenvalue weighted by Gasteiger charge is 2.67. The van der Waals surface area contributed by atoms with Crippen LogP contribution in [-0.4, -0.2) is 18.6 Å². The molecule has 1 amide bonds. The lowest BCUT2D eigenvalue weighted by Gasteiger charge is -2.27. The first-order valence-electron chi connectivity index (χ1n) is 8.23. The van der Waals surface area contributed by atoms with Crippen LogP contribution in [0.25, 0.3) is 0 Å². The van der Waals surface area contributed by atoms with Gasteiger partial charge in [-0.25, -0.2) is 0 Å². The molecule has 0 atom stereocenters. The summed E-state index contributed by atoms with van der Waals surface area (Å²) in [5.41, 5.74) is 0.510. The molecule has 2 fully saturated rings. The SMILES string of the molecule is CC(C)c1ccc2c(c1)N(CC1(C(F)(F)F)CC1)C(=O)C21CC1. The highest BCUT2D eigenvalue weighted by atomic mass is 19.4. The van der Waals surface area contributed by atoms with E-state index >= 15 is 0 Å². The van der Waals surface area contributed by atoms with E-state index in [1.807, 2.05) is 32.0 Å². The van der Waals surface area contributed by atoms with Gasteiger partial charge in [0, 0.05) is 12.2 Å². The van der Waals surface area contributed by atoms with Crippen LogP contribution in [0, 0.1) is 5.41 Å². The maximum atomic E-state index is 13.3. The average molecular weight is 323 g/mol. The fraction of sp³-hybridized carbons (Fsp3) is 0.611. The highest BCUT2D eigenvalue weighted by Crippen LogP contribution is 2.62. The second-order valence-corrected chi connectivity index (χ2v) is 7.68. The fourth-order valence-corrected chi connectivity index (χ4v) is 3.77. The number of anilines is 1. The summed E-state index contributed by atoms with van der Waals surface area (Å²) >= 11 is 0. The van der Waals surface area contributed by atoms with Crippen molar-refractivity contribution in [1.82, 2.24) is 0 Å². The van der Waals surface area contributed by atoms with Crippen molar-refractivity contribution in [3.05, 3.63) is 29.3 Å². The Morgan fingerprint density at radius 2 is 1.83 bits per heavy atom. The summed E-state index contributed by atoms with van der Waals surface area (Å²) < 4.78 is 40.0. The van der Waals surface area contributed by atoms with Gasteiger partial charge < -0.3 is 4.90 Å². The Kier molecular flexibility index (Phi) is 2.82. The van der Waals surface area contributed by atoms with Gasteiger partial charge in [0.2, 0.25) is 5.91 Å². The molecule has 3 aliphatic rings. The van der Waals surface area contributed by atoms with Gasteiger partial charge >= 0.3 is 6.18 Å². The standard InChI is InChI=1S/C18H20F3NO/c1-11(2)12-3-4-13-14(9-12)22(15(23)17(13)7-8-17)10-16(5-6-16)18(19,20)21/h3-4,9,11H,5-8,10H2,1-2H3. The molecule has 0 N–H and O–H groups in total. The number of hydrogen-bond donors (Lipinski definition) is 0. The molecular formula is C18H20F3NO. The molecule has 2 aliphatic carbocycles. The molecule has 0 aromatic heterocycles. The Hall–Kier alpha value is -1.52. The maximum absolute atomic E-state index is 13.3. The van der Waals surface area contributed by atoms with Crippen LogP contribution in [0.5, 0.6) is 0 Å². The molecule has 23 heavy (non-hydrogen) atoms. The van der Waals surface area contributed by atoms with E-state index in [0.717, 1.165) is 24.0 Å². The first kappa shape index (κ1) is 15.0. The third kappa shape index (κ3) is 1.98. The van der Waals surface area contributed by atoms with Crippen molar-refractivity contribution < 1.29 is 18.0 Å². The second-order valence-electron chi connectivity index (χ2n) is 7.68. The van der Waals surface area contributed by atoms with E-state index < -0.39 is 17.0 Å². The first-order chi connectivity index (χ1) is 10.7. The molecule has 4 rings (SSSR count). The number of amides is 1. The monoisotopic (exact) mass is 323 g/mol. The number of nitrogens with zero attached hydrogens (tertiary/aromatic N) is 1. The van der Waals surface area contributed by atoms with Crippen LogP contribution in [0.2, 0.25) is 0 Å². The minimum Gasteiger partial charge on any atom is -0.310 e. The zero-order valence-corrected chi connectivity index (χ0v) is 13.3. The molecule has 0 saturated heterocycles. The highest BCUT2D eigenvalue weighted by molar-refractivity contribution is 6.10. The lowest BCUT2D eigenvalue weighted by Crippen LogP contribution is -2.42. The smallest absolute Gasteiger partial charge is 0.310 e. The maximum Gasteiger partial charge on any atom is 0.396 e. The Balaban J connectivity index is 1.75. The van der Waals surface area contributed by atoms with Crippen molar-refractivity contribution in [3.63, 3.8) is 0 Å². The van der Waals surface area contributed by atoms with Gasteiger partial charge in [-0.1, -0.05) is 26.0 Å². The number of carbonyl (C=O) groups excluding carboxylic acids is 1. The van der Waals surface area contributed by atoms with Crippen molar-refractivity contribution >= 4 is 11.6 Å². The molecule has 0 radical (unpaired) electrons. The van der Waals surface area contributed by atoms with E-state index in [1.165, 1.54) is 4.90 Å². The predicted octanol–water partition coefficient (Wildman–Crippen LogP) is 4.53. The normalized spacial score (nSPS) is 23.6. The molecule has 5 heteroatoms. The van der Waals surface area contributed by atoms with Gasteiger partial charge in [0.1, 0.15) is 0 Å². The van der Waals surface area contributed by atoms with Crippen LogP contribution in [0.15, 0.2) is 18.2 Å². The molecule has 0 unspecified atom stereocenters. The van der Waals surface area contributed by atoms with Gasteiger partial charge in [0.15, 0.2) is 0 Å². The quantitative estimate of drug-likeness (QED) is 0.800. The Bertz CT molecular complexity index is 684. The summed E-state index contributed by atoms with van der Waals surface area (Å²) in [7, 11) is 0. The van der Waals surface area contributed by atoms with Crippen LogP contribution in [0.3, 0.4) is 0 Å². The Morgan fingerprint density at radius 1 is 1.17 bits per heavy atom. The molecule has 1 spiro atoms. The average Bonchev–Trinajstić information content (AvgIpc) is 3.35. The number of benzene rings is 1. The van der Waals surface area contributed by atoms with Crippen molar-refractivity contribution in [1.29, 1.82) is 0 Å². The number of halogens is 3. The lowest BCUT2D eigenvalue weighted by atomic mass is 9.94. The molecule has 1 aromatic rings. The number of rotatable bonds is 3. The molecule has 2 nitrogen and oxygen atoms in total. The Labute approximate surface area is 133 Å². The van der Waals surface area contributed by atoms with Crippen LogP contribution < -0.4 is 4.90 Å². The molecule has 2 saturated carbocycles. The Morgan fingerprint density at radius 3 is 2.30 bits per heavy atom. The summed E-state index contributed by atoms with van der Waals surface area (Å²) in [4.78, 5) is 14.3. The molecule has 1 aromatic carbocycles. The number of alkyl halides is 3. The van der Waals surface area contributed by atoms with Crippen LogP contribution in [0.1, 0.15) is 56.6 Å². The van der Waals surface area contributed by atoms with E-state index in [0.29, 0.717) is 5.69 Å². The van der Waals surface area contributed by atoms with E-state index in [1.54, 1.807) is 0 Å². The van der Waals surface area contributed by atoms with E-state index in [-0.39, 0.29) is 31.2 Å². The van der Waals surface area contributed by atoms with Crippen LogP contribution >= 0.6 is 0 Å². The number of hydrogen-bond acceptors (Lipinski definition) is 1. The molecule has 0 bridgehead atoms. The minimum atomic E-state index is -4.23. The summed E-state index contributed by atoms with van der Waals surface area (Å²) in [6.45, 7) is 3.88. The third-order valence-corrected chi connectivity index (χ3v) is 5.82. The van der Waals surface area contributed by atoms with Gasteiger partial charge in [-0.15, -0.1) is 0 Å². The lowest BCUT2D eigenvalue weighted by molar-refractivity contribution is -0.184. The zero-order chi connectivity index (χ0) is 16.6. The first-order valence-corrected chi connectivity index (χ1v) is 8.23. The summed E-state index contributed by atoms with van der Waals surface area (Å²) in [6, 6.07) is 5.90. The van der Waals surface area contributed by atoms with Crippen molar-refractivity contribution in [2.75, 3.05) is 11.4 Å². The third-order valence-electron chi connectivity index (χ3n) is 5.82. The van der Waals surface area contributed by atoms with Gasteiger partial charge in [-0.2, -0.15) is 13.2 Å². The molecular weight excluding hydrogens is 303 g/mol. The van der Waals surface area contributed by atoms with Gasteiger partial charge in [0.25, 0.3) is 0 Å². The van der Waals surface area contributed by atoms with E-state index in [4.69, 9.17) is 0 Å². The van der Waals surface area contributed by atoms with Crippen molar-refractivity contribution in [3.8, 4) is 0 Å². The van der Waals surface area contributed by atoms with Crippen LogP contribution in [-0.2, 0) is 10.2 Å². The van der Waals surface area contributed by atoms with E-state index in [9.17, 15) is 18.0 Å². The van der Waals surface area contributed by atoms with Gasteiger partial charge in [-0.05, 0) is 48.8 Å². The van der Waals surface area contributed by atoms with Gasteiger partial charge in [0.05, 0.1) is 10.8 Å². The van der Waals surface area contributed by atoms with E-state index in [2.05, 4.69) is 0 Å². The zero-order valence-electron chi connectivity index (χ0n) is 13.3. The van der Waals surface area contributed by atoms with Gasteiger partial charge in [-0.3, -0.25) is 4.79 Å². The fourth-order valence-electron chi connectivity index (χ4n) is 3.77. The summed E-state index contributed by atoms with van der Waals surface area (Å²) in [5.74, 6) is 0.162. The summed E-state index contributed by atoms with van der Waals surface area (Å²) in [6.07, 6.45) is -2.45. The largest absolute Gasteiger partial charge is 0.396 e. The topological polar surface area (TPSA) is 20.3 Å². The molecule has 1 aliphatic heterocycles. The van der Waals surface area contributed by atoms with Crippen LogP contribution in [0.4, 0.5) is 18.9 Å². The summed E-state index contributed by atoms with van der Waals surface area (Å²) in [5, 5.41) is 0. The molecule has 124 valence electrons. The van der Waals surface area contributed by atoms with Crippen molar-refractivity contribution in [2.45, 2.75) is 57.0 Å². The second kappa shape index (κ2) is 4.31. The number of carbonyl (C=O) groups is 1.